The van der Waals surface area contributed by atoms with Gasteiger partial charge < -0.3 is 10.4 Å². The first kappa shape index (κ1) is 17.1. The summed E-state index contributed by atoms with van der Waals surface area (Å²) in [4.78, 5) is 32.8. The smallest absolute Gasteiger partial charge is 0.308 e. The predicted octanol–water partition coefficient (Wildman–Crippen LogP) is 2.13. The molecular formula is C13H15BrN2O5. The zero-order valence-corrected chi connectivity index (χ0v) is 13.1. The molecule has 2 atom stereocenters. The number of carboxylic acids is 1. The zero-order valence-electron chi connectivity index (χ0n) is 11.5. The van der Waals surface area contributed by atoms with Crippen molar-refractivity contribution in [1.82, 2.24) is 5.32 Å². The van der Waals surface area contributed by atoms with Gasteiger partial charge in [-0.25, -0.2) is 0 Å². The van der Waals surface area contributed by atoms with Crippen LogP contribution < -0.4 is 5.32 Å². The number of hydrogen-bond acceptors (Lipinski definition) is 4. The summed E-state index contributed by atoms with van der Waals surface area (Å²) in [5.41, 5.74) is 0.521. The summed E-state index contributed by atoms with van der Waals surface area (Å²) in [7, 11) is 0. The van der Waals surface area contributed by atoms with Crippen LogP contribution in [0.3, 0.4) is 0 Å². The van der Waals surface area contributed by atoms with Gasteiger partial charge >= 0.3 is 5.97 Å². The molecule has 0 fully saturated rings. The lowest BCUT2D eigenvalue weighted by Crippen LogP contribution is -2.40. The van der Waals surface area contributed by atoms with Crippen molar-refractivity contribution in [2.75, 3.05) is 0 Å². The van der Waals surface area contributed by atoms with Gasteiger partial charge in [0.2, 0.25) is 5.91 Å². The van der Waals surface area contributed by atoms with Crippen molar-refractivity contribution in [3.8, 4) is 0 Å². The minimum atomic E-state index is -0.987. The Balaban J connectivity index is 2.71. The second-order valence-corrected chi connectivity index (χ2v) is 5.55. The van der Waals surface area contributed by atoms with Crippen molar-refractivity contribution in [1.29, 1.82) is 0 Å². The summed E-state index contributed by atoms with van der Waals surface area (Å²) in [6, 6.07) is 3.63. The van der Waals surface area contributed by atoms with E-state index in [1.165, 1.54) is 25.1 Å². The number of nitro benzene ring substituents is 1. The number of aliphatic carboxylic acids is 1. The van der Waals surface area contributed by atoms with Gasteiger partial charge in [-0.3, -0.25) is 19.7 Å². The molecule has 0 aliphatic carbocycles. The molecule has 0 aliphatic rings. The van der Waals surface area contributed by atoms with E-state index in [0.717, 1.165) is 0 Å². The molecule has 2 unspecified atom stereocenters. The van der Waals surface area contributed by atoms with Crippen LogP contribution in [0.5, 0.6) is 0 Å². The summed E-state index contributed by atoms with van der Waals surface area (Å²) in [6.45, 7) is 3.12. The van der Waals surface area contributed by atoms with E-state index in [2.05, 4.69) is 21.2 Å². The third-order valence-corrected chi connectivity index (χ3v) is 3.86. The van der Waals surface area contributed by atoms with Crippen molar-refractivity contribution in [3.05, 3.63) is 38.3 Å². The molecule has 21 heavy (non-hydrogen) atoms. The first-order valence-corrected chi connectivity index (χ1v) is 6.96. The van der Waals surface area contributed by atoms with Gasteiger partial charge in [0.05, 0.1) is 17.3 Å². The third kappa shape index (κ3) is 4.82. The Hall–Kier alpha value is -1.96. The number of hydrogen-bond donors (Lipinski definition) is 2. The van der Waals surface area contributed by atoms with Crippen molar-refractivity contribution in [2.45, 2.75) is 26.3 Å². The van der Waals surface area contributed by atoms with Gasteiger partial charge in [0, 0.05) is 22.6 Å². The molecule has 1 rings (SSSR count). The number of nitrogens with one attached hydrogen (secondary N) is 1. The SMILES string of the molecule is CC(NC(=O)Cc1ccc([N+](=O)[O-])cc1Br)C(C)C(=O)O. The molecule has 0 aliphatic heterocycles. The van der Waals surface area contributed by atoms with Crippen LogP contribution in [0, 0.1) is 16.0 Å². The number of amides is 1. The van der Waals surface area contributed by atoms with Gasteiger partial charge in [-0.05, 0) is 19.4 Å². The number of nitro groups is 1. The van der Waals surface area contributed by atoms with Crippen LogP contribution >= 0.6 is 15.9 Å². The topological polar surface area (TPSA) is 110 Å². The van der Waals surface area contributed by atoms with Crippen LogP contribution in [-0.4, -0.2) is 27.9 Å². The molecule has 1 aromatic rings. The predicted molar refractivity (Wildman–Crippen MR) is 78.9 cm³/mol. The van der Waals surface area contributed by atoms with Gasteiger partial charge in [0.25, 0.3) is 5.69 Å². The molecule has 1 amide bonds. The fourth-order valence-corrected chi connectivity index (χ4v) is 2.12. The zero-order chi connectivity index (χ0) is 16.2. The van der Waals surface area contributed by atoms with Crippen LogP contribution in [-0.2, 0) is 16.0 Å². The number of carbonyl (C=O) groups excluding carboxylic acids is 1. The minimum Gasteiger partial charge on any atom is -0.481 e. The van der Waals surface area contributed by atoms with E-state index in [9.17, 15) is 19.7 Å². The number of nitrogens with zero attached hydrogens (tertiary/aromatic N) is 1. The number of rotatable bonds is 6. The van der Waals surface area contributed by atoms with E-state index in [4.69, 9.17) is 5.11 Å². The Morgan fingerprint density at radius 2 is 2.05 bits per heavy atom. The highest BCUT2D eigenvalue weighted by Crippen LogP contribution is 2.23. The molecule has 0 radical (unpaired) electrons. The minimum absolute atomic E-state index is 0.00918. The molecule has 8 heteroatoms. The van der Waals surface area contributed by atoms with E-state index in [-0.39, 0.29) is 18.0 Å². The Labute approximate surface area is 129 Å². The molecule has 2 N–H and O–H groups in total. The highest BCUT2D eigenvalue weighted by molar-refractivity contribution is 9.10. The molecule has 0 aromatic heterocycles. The standard InChI is InChI=1S/C13H15BrN2O5/c1-7(13(18)19)8(2)15-12(17)5-9-3-4-10(16(20)21)6-11(9)14/h3-4,6-8H,5H2,1-2H3,(H,15,17)(H,18,19). The monoisotopic (exact) mass is 358 g/mol. The van der Waals surface area contributed by atoms with Crippen LogP contribution in [0.15, 0.2) is 22.7 Å². The highest BCUT2D eigenvalue weighted by Gasteiger charge is 2.21. The van der Waals surface area contributed by atoms with Crippen molar-refractivity contribution >= 4 is 33.5 Å². The lowest BCUT2D eigenvalue weighted by molar-refractivity contribution is -0.384. The highest BCUT2D eigenvalue weighted by atomic mass is 79.9. The number of carboxylic acid groups (broad SMARTS) is 1. The van der Waals surface area contributed by atoms with Crippen molar-refractivity contribution in [3.63, 3.8) is 0 Å². The molecule has 0 spiro atoms. The largest absolute Gasteiger partial charge is 0.481 e. The molecule has 0 saturated carbocycles. The lowest BCUT2D eigenvalue weighted by Gasteiger charge is -2.17. The second kappa shape index (κ2) is 7.16. The molecule has 0 heterocycles. The Morgan fingerprint density at radius 1 is 1.43 bits per heavy atom. The molecule has 0 bridgehead atoms. The third-order valence-electron chi connectivity index (χ3n) is 3.13. The Morgan fingerprint density at radius 3 is 2.52 bits per heavy atom. The van der Waals surface area contributed by atoms with Gasteiger partial charge in [-0.1, -0.05) is 22.0 Å². The Bertz CT molecular complexity index is 576. The summed E-state index contributed by atoms with van der Waals surface area (Å²) in [5, 5.41) is 22.1. The normalized spacial score (nSPS) is 13.3. The van der Waals surface area contributed by atoms with Crippen LogP contribution in [0.4, 0.5) is 5.69 Å². The molecule has 1 aromatic carbocycles. The Kier molecular flexibility index (Phi) is 5.83. The van der Waals surface area contributed by atoms with Crippen molar-refractivity contribution < 1.29 is 19.6 Å². The van der Waals surface area contributed by atoms with Crippen LogP contribution in [0.1, 0.15) is 19.4 Å². The quantitative estimate of drug-likeness (QED) is 0.597. The molecule has 0 saturated heterocycles. The second-order valence-electron chi connectivity index (χ2n) is 4.69. The first-order valence-electron chi connectivity index (χ1n) is 6.17. The average Bonchev–Trinajstić information content (AvgIpc) is 2.39. The first-order chi connectivity index (χ1) is 9.72. The van der Waals surface area contributed by atoms with E-state index < -0.39 is 22.9 Å². The van der Waals surface area contributed by atoms with Gasteiger partial charge in [0.15, 0.2) is 0 Å². The summed E-state index contributed by atoms with van der Waals surface area (Å²) >= 11 is 3.18. The molecule has 7 nitrogen and oxygen atoms in total. The van der Waals surface area contributed by atoms with Gasteiger partial charge in [-0.2, -0.15) is 0 Å². The van der Waals surface area contributed by atoms with Crippen molar-refractivity contribution in [2.24, 2.45) is 5.92 Å². The fraction of sp³-hybridized carbons (Fsp3) is 0.385. The number of carbonyl (C=O) groups is 2. The van der Waals surface area contributed by atoms with Gasteiger partial charge in [0.1, 0.15) is 0 Å². The lowest BCUT2D eigenvalue weighted by atomic mass is 10.0. The maximum Gasteiger partial charge on any atom is 0.308 e. The maximum atomic E-state index is 11.9. The van der Waals surface area contributed by atoms with Gasteiger partial charge in [-0.15, -0.1) is 0 Å². The van der Waals surface area contributed by atoms with Crippen LogP contribution in [0.25, 0.3) is 0 Å². The average molecular weight is 359 g/mol. The van der Waals surface area contributed by atoms with E-state index in [1.807, 2.05) is 0 Å². The maximum absolute atomic E-state index is 11.9. The summed E-state index contributed by atoms with van der Waals surface area (Å²) in [6.07, 6.45) is 0.00918. The van der Waals surface area contributed by atoms with E-state index in [0.29, 0.717) is 10.0 Å². The number of halogens is 1. The van der Waals surface area contributed by atoms with Crippen LogP contribution in [0.2, 0.25) is 0 Å². The summed E-state index contributed by atoms with van der Waals surface area (Å²) in [5.74, 6) is -2.03. The molecular weight excluding hydrogens is 344 g/mol. The van der Waals surface area contributed by atoms with E-state index >= 15 is 0 Å². The number of non-ortho nitro benzene ring substituents is 1. The molecule has 114 valence electrons. The fourth-order valence-electron chi connectivity index (χ4n) is 1.61. The van der Waals surface area contributed by atoms with E-state index in [1.54, 1.807) is 6.92 Å². The number of benzene rings is 1. The summed E-state index contributed by atoms with van der Waals surface area (Å²) < 4.78 is 0.464.